The van der Waals surface area contributed by atoms with E-state index in [1.165, 1.54) is 148 Å². The van der Waals surface area contributed by atoms with E-state index in [1.807, 2.05) is 21.1 Å². The maximum absolute atomic E-state index is 12.9. The molecule has 3 atom stereocenters. The monoisotopic (exact) mass is 773 g/mol. The fourth-order valence-electron chi connectivity index (χ4n) is 6.62. The van der Waals surface area contributed by atoms with Gasteiger partial charge in [0.15, 0.2) is 0 Å². The van der Waals surface area contributed by atoms with E-state index >= 15 is 0 Å². The van der Waals surface area contributed by atoms with Gasteiger partial charge in [0.1, 0.15) is 13.2 Å². The summed E-state index contributed by atoms with van der Waals surface area (Å²) in [4.78, 5) is 25.3. The quantitative estimate of drug-likeness (QED) is 0.0277. The van der Waals surface area contributed by atoms with Crippen LogP contribution in [-0.4, -0.2) is 68.5 Å². The highest BCUT2D eigenvalue weighted by molar-refractivity contribution is 7.45. The third-order valence-corrected chi connectivity index (χ3v) is 11.2. The van der Waals surface area contributed by atoms with E-state index in [9.17, 15) is 19.4 Å². The number of nitrogens with one attached hydrogen (secondary N) is 1. The maximum Gasteiger partial charge on any atom is 0.268 e. The highest BCUT2D eigenvalue weighted by Gasteiger charge is 2.24. The molecule has 0 aromatic carbocycles. The van der Waals surface area contributed by atoms with Crippen molar-refractivity contribution in [2.24, 2.45) is 0 Å². The normalized spacial score (nSPS) is 14.5. The van der Waals surface area contributed by atoms with Crippen LogP contribution in [0, 0.1) is 0 Å². The van der Waals surface area contributed by atoms with E-state index in [1.54, 1.807) is 0 Å². The number of aliphatic hydroxyl groups is 1. The van der Waals surface area contributed by atoms with Crippen molar-refractivity contribution >= 4 is 13.7 Å². The average Bonchev–Trinajstić information content (AvgIpc) is 3.10. The number of phosphoric acid groups is 1. The number of amides is 1. The molecular formula is C44H89N2O6P. The predicted molar refractivity (Wildman–Crippen MR) is 224 cm³/mol. The molecule has 9 heteroatoms. The minimum absolute atomic E-state index is 0.0136. The first-order chi connectivity index (χ1) is 25.5. The van der Waals surface area contributed by atoms with Gasteiger partial charge in [-0.2, -0.15) is 0 Å². The SMILES string of the molecule is CCCCCCCC/C=C/CCCCCCCCCCCC(=O)N[C@@H](COP(=O)([O-])OCC[N+](C)(C)C)[C@H](O)CCCCCCCCCCCCCC. The number of nitrogens with zero attached hydrogens (tertiary/aromatic N) is 1. The second-order valence-electron chi connectivity index (χ2n) is 16.8. The van der Waals surface area contributed by atoms with Crippen molar-refractivity contribution in [3.05, 3.63) is 12.2 Å². The van der Waals surface area contributed by atoms with Crippen LogP contribution in [0.2, 0.25) is 0 Å². The summed E-state index contributed by atoms with van der Waals surface area (Å²) in [5.74, 6) is -0.167. The van der Waals surface area contributed by atoms with E-state index < -0.39 is 20.0 Å². The first-order valence-corrected chi connectivity index (χ1v) is 24.0. The first-order valence-electron chi connectivity index (χ1n) is 22.5. The van der Waals surface area contributed by atoms with Gasteiger partial charge in [-0.25, -0.2) is 0 Å². The third-order valence-electron chi connectivity index (χ3n) is 10.3. The molecule has 1 amide bonds. The molecule has 0 aliphatic rings. The van der Waals surface area contributed by atoms with Crippen LogP contribution in [0.5, 0.6) is 0 Å². The number of carbonyl (C=O) groups is 1. The topological polar surface area (TPSA) is 108 Å². The van der Waals surface area contributed by atoms with Gasteiger partial charge in [-0.1, -0.05) is 180 Å². The Labute approximate surface area is 329 Å². The molecule has 53 heavy (non-hydrogen) atoms. The van der Waals surface area contributed by atoms with Gasteiger partial charge in [0.25, 0.3) is 7.82 Å². The van der Waals surface area contributed by atoms with E-state index in [0.717, 1.165) is 38.5 Å². The summed E-state index contributed by atoms with van der Waals surface area (Å²) in [6.07, 6.45) is 40.7. The van der Waals surface area contributed by atoms with Crippen LogP contribution in [0.1, 0.15) is 213 Å². The molecule has 8 nitrogen and oxygen atoms in total. The fraction of sp³-hybridized carbons (Fsp3) is 0.932. The van der Waals surface area contributed by atoms with Crippen molar-refractivity contribution in [1.82, 2.24) is 5.32 Å². The summed E-state index contributed by atoms with van der Waals surface area (Å²) in [6.45, 7) is 4.71. The average molecular weight is 773 g/mol. The summed E-state index contributed by atoms with van der Waals surface area (Å²) < 4.78 is 23.2. The van der Waals surface area contributed by atoms with Crippen LogP contribution in [0.3, 0.4) is 0 Å². The molecule has 0 heterocycles. The second kappa shape index (κ2) is 36.9. The van der Waals surface area contributed by atoms with Gasteiger partial charge in [0, 0.05) is 6.42 Å². The third kappa shape index (κ3) is 39.3. The minimum Gasteiger partial charge on any atom is -0.756 e. The van der Waals surface area contributed by atoms with Crippen LogP contribution in [0.4, 0.5) is 0 Å². The number of carbonyl (C=O) groups excluding carboxylic acids is 1. The Morgan fingerprint density at radius 1 is 0.642 bits per heavy atom. The predicted octanol–water partition coefficient (Wildman–Crippen LogP) is 11.7. The van der Waals surface area contributed by atoms with Gasteiger partial charge >= 0.3 is 0 Å². The molecule has 0 fully saturated rings. The molecule has 0 rings (SSSR count). The number of likely N-dealkylation sites (N-methyl/N-ethyl adjacent to an activating group) is 1. The van der Waals surface area contributed by atoms with E-state index in [4.69, 9.17) is 9.05 Å². The summed E-state index contributed by atoms with van der Waals surface area (Å²) in [6, 6.07) is -0.796. The Morgan fingerprint density at radius 3 is 1.47 bits per heavy atom. The first kappa shape index (κ1) is 52.2. The van der Waals surface area contributed by atoms with Crippen molar-refractivity contribution < 1.29 is 32.9 Å². The lowest BCUT2D eigenvalue weighted by molar-refractivity contribution is -0.870. The molecule has 1 unspecified atom stereocenters. The van der Waals surface area contributed by atoms with Crippen molar-refractivity contribution in [2.45, 2.75) is 225 Å². The lowest BCUT2D eigenvalue weighted by atomic mass is 10.0. The summed E-state index contributed by atoms with van der Waals surface area (Å²) in [5.41, 5.74) is 0. The molecule has 0 aromatic rings. The second-order valence-corrected chi connectivity index (χ2v) is 18.2. The van der Waals surface area contributed by atoms with Crippen molar-refractivity contribution in [3.63, 3.8) is 0 Å². The minimum atomic E-state index is -4.56. The zero-order valence-corrected chi connectivity index (χ0v) is 36.6. The maximum atomic E-state index is 12.9. The van der Waals surface area contributed by atoms with Crippen LogP contribution in [-0.2, 0) is 18.4 Å². The highest BCUT2D eigenvalue weighted by atomic mass is 31.2. The Morgan fingerprint density at radius 2 is 1.04 bits per heavy atom. The number of unbranched alkanes of at least 4 members (excludes halogenated alkanes) is 26. The fourth-order valence-corrected chi connectivity index (χ4v) is 7.35. The van der Waals surface area contributed by atoms with Gasteiger partial charge in [-0.3, -0.25) is 9.36 Å². The van der Waals surface area contributed by atoms with Crippen molar-refractivity contribution in [3.8, 4) is 0 Å². The Hall–Kier alpha value is -0.760. The number of hydrogen-bond donors (Lipinski definition) is 2. The molecule has 316 valence electrons. The van der Waals surface area contributed by atoms with Crippen LogP contribution < -0.4 is 10.2 Å². The van der Waals surface area contributed by atoms with E-state index in [0.29, 0.717) is 23.9 Å². The molecule has 0 aromatic heterocycles. The number of aliphatic hydroxyl groups excluding tert-OH is 1. The van der Waals surface area contributed by atoms with E-state index in [2.05, 4.69) is 31.3 Å². The van der Waals surface area contributed by atoms with Crippen LogP contribution >= 0.6 is 7.82 Å². The molecule has 0 aliphatic heterocycles. The molecule has 0 bridgehead atoms. The summed E-state index contributed by atoms with van der Waals surface area (Å²) in [5, 5.41) is 13.9. The Bertz CT molecular complexity index is 880. The number of rotatable bonds is 41. The van der Waals surface area contributed by atoms with E-state index in [-0.39, 0.29) is 19.1 Å². The zero-order chi connectivity index (χ0) is 39.3. The van der Waals surface area contributed by atoms with Crippen LogP contribution in [0.15, 0.2) is 12.2 Å². The molecule has 2 N–H and O–H groups in total. The van der Waals surface area contributed by atoms with Gasteiger partial charge in [-0.05, 0) is 38.5 Å². The standard InChI is InChI=1S/C44H89N2O6P/c1-6-8-10-12-14-16-18-20-21-22-23-24-25-26-28-30-32-34-36-38-44(48)45-42(41-52-53(49,50)51-40-39-46(3,4)5)43(47)37-35-33-31-29-27-19-17-15-13-11-9-7-2/h20-21,42-43,47H,6-19,22-41H2,1-5H3,(H-,45,48,49,50)/b21-20+/t42-,43+/m0/s1. The van der Waals surface area contributed by atoms with Crippen molar-refractivity contribution in [2.75, 3.05) is 40.9 Å². The van der Waals surface area contributed by atoms with Crippen LogP contribution in [0.25, 0.3) is 0 Å². The van der Waals surface area contributed by atoms with Crippen molar-refractivity contribution in [1.29, 1.82) is 0 Å². The molecule has 0 aliphatic carbocycles. The lowest BCUT2D eigenvalue weighted by Crippen LogP contribution is -2.46. The number of quaternary nitrogens is 1. The molecular weight excluding hydrogens is 683 g/mol. The smallest absolute Gasteiger partial charge is 0.268 e. The van der Waals surface area contributed by atoms with Gasteiger partial charge < -0.3 is 28.8 Å². The molecule has 0 saturated heterocycles. The van der Waals surface area contributed by atoms with Gasteiger partial charge in [0.2, 0.25) is 5.91 Å². The highest BCUT2D eigenvalue weighted by Crippen LogP contribution is 2.38. The Kier molecular flexibility index (Phi) is 36.3. The number of hydrogen-bond acceptors (Lipinski definition) is 6. The Balaban J connectivity index is 4.30. The zero-order valence-electron chi connectivity index (χ0n) is 35.7. The van der Waals surface area contributed by atoms with Gasteiger partial charge in [-0.15, -0.1) is 0 Å². The summed E-state index contributed by atoms with van der Waals surface area (Å²) >= 11 is 0. The molecule has 0 radical (unpaired) electrons. The largest absolute Gasteiger partial charge is 0.756 e. The number of phosphoric ester groups is 1. The van der Waals surface area contributed by atoms with Gasteiger partial charge in [0.05, 0.1) is 39.9 Å². The summed E-state index contributed by atoms with van der Waals surface area (Å²) in [7, 11) is 1.31. The molecule has 0 saturated carbocycles. The lowest BCUT2D eigenvalue weighted by Gasteiger charge is -2.30. The number of allylic oxidation sites excluding steroid dienone is 2. The molecule has 0 spiro atoms.